The van der Waals surface area contributed by atoms with Crippen LogP contribution < -0.4 is 10.6 Å². The quantitative estimate of drug-likeness (QED) is 0.763. The Kier molecular flexibility index (Phi) is 5.54. The smallest absolute Gasteiger partial charge is 0.338 e. The van der Waals surface area contributed by atoms with E-state index in [0.29, 0.717) is 28.4 Å². The van der Waals surface area contributed by atoms with E-state index in [1.807, 2.05) is 6.92 Å². The van der Waals surface area contributed by atoms with Gasteiger partial charge in [0.2, 0.25) is 5.91 Å². The molecule has 6 nitrogen and oxygen atoms in total. The molecule has 0 aromatic heterocycles. The first-order chi connectivity index (χ1) is 13.0. The number of ether oxygens (including phenoxy) is 1. The van der Waals surface area contributed by atoms with Crippen LogP contribution in [0.3, 0.4) is 0 Å². The lowest BCUT2D eigenvalue weighted by molar-refractivity contribution is -0.117. The van der Waals surface area contributed by atoms with Gasteiger partial charge in [-0.3, -0.25) is 9.59 Å². The number of hydrogen-bond acceptors (Lipinski definition) is 4. The van der Waals surface area contributed by atoms with E-state index in [1.54, 1.807) is 55.5 Å². The number of hydrogen-bond donors (Lipinski definition) is 2. The molecule has 0 spiro atoms. The number of carbonyl (C=O) groups is 3. The summed E-state index contributed by atoms with van der Waals surface area (Å²) in [5, 5.41) is 5.61. The summed E-state index contributed by atoms with van der Waals surface area (Å²) in [5.41, 5.74) is 1.87. The van der Waals surface area contributed by atoms with E-state index in [1.165, 1.54) is 0 Å². The predicted molar refractivity (Wildman–Crippen MR) is 103 cm³/mol. The lowest BCUT2D eigenvalue weighted by Crippen LogP contribution is -2.16. The van der Waals surface area contributed by atoms with Crippen LogP contribution in [0, 0.1) is 11.8 Å². The first kappa shape index (κ1) is 18.6. The van der Waals surface area contributed by atoms with E-state index in [0.717, 1.165) is 6.42 Å². The molecule has 2 aromatic carbocycles. The van der Waals surface area contributed by atoms with Gasteiger partial charge in [-0.05, 0) is 55.7 Å². The van der Waals surface area contributed by atoms with Crippen LogP contribution in [0.15, 0.2) is 48.5 Å². The summed E-state index contributed by atoms with van der Waals surface area (Å²) in [6.45, 7) is 4.06. The molecule has 3 rings (SSSR count). The zero-order chi connectivity index (χ0) is 19.4. The van der Waals surface area contributed by atoms with Crippen molar-refractivity contribution in [1.82, 2.24) is 0 Å². The van der Waals surface area contributed by atoms with Crippen molar-refractivity contribution in [3.63, 3.8) is 0 Å². The van der Waals surface area contributed by atoms with Gasteiger partial charge in [-0.25, -0.2) is 4.79 Å². The van der Waals surface area contributed by atoms with Crippen LogP contribution >= 0.6 is 0 Å². The van der Waals surface area contributed by atoms with Crippen LogP contribution in [0.1, 0.15) is 41.0 Å². The normalized spacial score (nSPS) is 17.7. The summed E-state index contributed by atoms with van der Waals surface area (Å²) in [5.74, 6) is -0.294. The van der Waals surface area contributed by atoms with Crippen molar-refractivity contribution in [1.29, 1.82) is 0 Å². The second-order valence-electron chi connectivity index (χ2n) is 6.64. The highest BCUT2D eigenvalue weighted by molar-refractivity contribution is 6.06. The van der Waals surface area contributed by atoms with E-state index < -0.39 is 5.97 Å². The highest BCUT2D eigenvalue weighted by Gasteiger charge is 2.39. The SMILES string of the molecule is CCOC(=O)c1cccc(NC(=O)c2cccc(NC(=O)C3CC3C)c2)c1. The maximum atomic E-state index is 12.5. The first-order valence-corrected chi connectivity index (χ1v) is 8.97. The molecule has 2 aromatic rings. The Bertz CT molecular complexity index is 878. The van der Waals surface area contributed by atoms with Crippen LogP contribution in [-0.2, 0) is 9.53 Å². The first-order valence-electron chi connectivity index (χ1n) is 8.97. The lowest BCUT2D eigenvalue weighted by atomic mass is 10.1. The fourth-order valence-electron chi connectivity index (χ4n) is 2.80. The summed E-state index contributed by atoms with van der Waals surface area (Å²) >= 11 is 0. The standard InChI is InChI=1S/C21H22N2O4/c1-3-27-21(26)15-7-5-9-17(12-15)22-19(24)14-6-4-8-16(11-14)23-20(25)18-10-13(18)2/h4-9,11-13,18H,3,10H2,1-2H3,(H,22,24)(H,23,25). The van der Waals surface area contributed by atoms with Crippen LogP contribution in [0.2, 0.25) is 0 Å². The maximum absolute atomic E-state index is 12.5. The number of anilines is 2. The minimum Gasteiger partial charge on any atom is -0.462 e. The monoisotopic (exact) mass is 366 g/mol. The predicted octanol–water partition coefficient (Wildman–Crippen LogP) is 3.71. The van der Waals surface area contributed by atoms with Crippen molar-refractivity contribution in [2.75, 3.05) is 17.2 Å². The summed E-state index contributed by atoms with van der Waals surface area (Å²) in [6.07, 6.45) is 0.906. The zero-order valence-corrected chi connectivity index (χ0v) is 15.3. The maximum Gasteiger partial charge on any atom is 0.338 e. The van der Waals surface area contributed by atoms with Gasteiger partial charge in [-0.1, -0.05) is 19.1 Å². The van der Waals surface area contributed by atoms with Crippen molar-refractivity contribution in [2.45, 2.75) is 20.3 Å². The van der Waals surface area contributed by atoms with Crippen LogP contribution in [0.5, 0.6) is 0 Å². The van der Waals surface area contributed by atoms with Gasteiger partial charge >= 0.3 is 5.97 Å². The number of benzene rings is 2. The number of carbonyl (C=O) groups excluding carboxylic acids is 3. The van der Waals surface area contributed by atoms with Crippen molar-refractivity contribution in [3.05, 3.63) is 59.7 Å². The zero-order valence-electron chi connectivity index (χ0n) is 15.3. The molecule has 0 radical (unpaired) electrons. The molecular formula is C21H22N2O4. The Hall–Kier alpha value is -3.15. The van der Waals surface area contributed by atoms with Gasteiger partial charge in [0.25, 0.3) is 5.91 Å². The topological polar surface area (TPSA) is 84.5 Å². The molecule has 2 amide bonds. The third kappa shape index (κ3) is 4.73. The Balaban J connectivity index is 1.67. The van der Waals surface area contributed by atoms with Gasteiger partial charge in [-0.2, -0.15) is 0 Å². The average Bonchev–Trinajstić information content (AvgIpc) is 3.39. The van der Waals surface area contributed by atoms with Crippen molar-refractivity contribution >= 4 is 29.2 Å². The van der Waals surface area contributed by atoms with Crippen LogP contribution in [0.4, 0.5) is 11.4 Å². The molecule has 140 valence electrons. The van der Waals surface area contributed by atoms with Gasteiger partial charge in [0.05, 0.1) is 12.2 Å². The van der Waals surface area contributed by atoms with Gasteiger partial charge in [0, 0.05) is 22.9 Å². The van der Waals surface area contributed by atoms with E-state index in [2.05, 4.69) is 10.6 Å². The Morgan fingerprint density at radius 1 is 1.00 bits per heavy atom. The average molecular weight is 366 g/mol. The summed E-state index contributed by atoms with van der Waals surface area (Å²) < 4.78 is 4.97. The molecule has 2 N–H and O–H groups in total. The fraction of sp³-hybridized carbons (Fsp3) is 0.286. The highest BCUT2D eigenvalue weighted by atomic mass is 16.5. The van der Waals surface area contributed by atoms with Gasteiger partial charge in [-0.15, -0.1) is 0 Å². The van der Waals surface area contributed by atoms with Crippen molar-refractivity contribution in [2.24, 2.45) is 11.8 Å². The molecule has 2 atom stereocenters. The molecule has 2 unspecified atom stereocenters. The summed E-state index contributed by atoms with van der Waals surface area (Å²) in [4.78, 5) is 36.4. The van der Waals surface area contributed by atoms with Gasteiger partial charge in [0.15, 0.2) is 0 Å². The fourth-order valence-corrected chi connectivity index (χ4v) is 2.80. The third-order valence-corrected chi connectivity index (χ3v) is 4.47. The minimum absolute atomic E-state index is 0.0119. The van der Waals surface area contributed by atoms with Crippen LogP contribution in [-0.4, -0.2) is 24.4 Å². The minimum atomic E-state index is -0.437. The van der Waals surface area contributed by atoms with Crippen LogP contribution in [0.25, 0.3) is 0 Å². The molecule has 6 heteroatoms. The Morgan fingerprint density at radius 3 is 2.22 bits per heavy atom. The molecule has 27 heavy (non-hydrogen) atoms. The van der Waals surface area contributed by atoms with Crippen molar-refractivity contribution in [3.8, 4) is 0 Å². The molecule has 0 aliphatic heterocycles. The number of nitrogens with one attached hydrogen (secondary N) is 2. The Labute approximate surface area is 157 Å². The highest BCUT2D eigenvalue weighted by Crippen LogP contribution is 2.38. The number of rotatable bonds is 6. The second kappa shape index (κ2) is 8.03. The Morgan fingerprint density at radius 2 is 1.59 bits per heavy atom. The number of esters is 1. The van der Waals surface area contributed by atoms with E-state index in [-0.39, 0.29) is 24.3 Å². The molecule has 0 bridgehead atoms. The molecule has 0 saturated heterocycles. The molecule has 0 heterocycles. The number of amides is 2. The molecular weight excluding hydrogens is 344 g/mol. The van der Waals surface area contributed by atoms with Crippen molar-refractivity contribution < 1.29 is 19.1 Å². The summed E-state index contributed by atoms with van der Waals surface area (Å²) in [6, 6.07) is 13.3. The largest absolute Gasteiger partial charge is 0.462 e. The lowest BCUT2D eigenvalue weighted by Gasteiger charge is -2.09. The second-order valence-corrected chi connectivity index (χ2v) is 6.64. The molecule has 1 saturated carbocycles. The molecule has 1 aliphatic carbocycles. The molecule has 1 fully saturated rings. The van der Waals surface area contributed by atoms with E-state index in [9.17, 15) is 14.4 Å². The third-order valence-electron chi connectivity index (χ3n) is 4.47. The summed E-state index contributed by atoms with van der Waals surface area (Å²) in [7, 11) is 0. The van der Waals surface area contributed by atoms with E-state index >= 15 is 0 Å². The van der Waals surface area contributed by atoms with Gasteiger partial charge < -0.3 is 15.4 Å². The molecule has 1 aliphatic rings. The van der Waals surface area contributed by atoms with Gasteiger partial charge in [0.1, 0.15) is 0 Å². The van der Waals surface area contributed by atoms with E-state index in [4.69, 9.17) is 4.74 Å².